The van der Waals surface area contributed by atoms with Gasteiger partial charge in [0.2, 0.25) is 0 Å². The van der Waals surface area contributed by atoms with E-state index in [1.54, 1.807) is 6.26 Å². The highest BCUT2D eigenvalue weighted by Crippen LogP contribution is 2.21. The molecule has 1 N–H and O–H groups in total. The molecular formula is C16H26IN3OS. The van der Waals surface area contributed by atoms with E-state index in [-0.39, 0.29) is 24.0 Å². The predicted octanol–water partition coefficient (Wildman–Crippen LogP) is 3.40. The lowest BCUT2D eigenvalue weighted by Crippen LogP contribution is -2.48. The van der Waals surface area contributed by atoms with Crippen LogP contribution in [-0.4, -0.2) is 48.0 Å². The van der Waals surface area contributed by atoms with Gasteiger partial charge in [-0.25, -0.2) is 0 Å². The van der Waals surface area contributed by atoms with Crippen LogP contribution in [0.5, 0.6) is 0 Å². The molecule has 1 aliphatic heterocycles. The third kappa shape index (κ3) is 6.24. The number of hydrogen-bond acceptors (Lipinski definition) is 3. The first-order valence-corrected chi connectivity index (χ1v) is 8.66. The maximum atomic E-state index is 5.35. The second-order valence-corrected chi connectivity index (χ2v) is 6.46. The van der Waals surface area contributed by atoms with Crippen LogP contribution in [0.2, 0.25) is 0 Å². The molecule has 1 aromatic rings. The molecule has 1 fully saturated rings. The summed E-state index contributed by atoms with van der Waals surface area (Å²) in [6.07, 6.45) is 5.63. The summed E-state index contributed by atoms with van der Waals surface area (Å²) in [6, 6.07) is 3.92. The van der Waals surface area contributed by atoms with E-state index >= 15 is 0 Å². The van der Waals surface area contributed by atoms with Gasteiger partial charge in [0.25, 0.3) is 0 Å². The van der Waals surface area contributed by atoms with Crippen molar-refractivity contribution in [2.45, 2.75) is 25.0 Å². The third-order valence-corrected chi connectivity index (χ3v) is 4.87. The van der Waals surface area contributed by atoms with Gasteiger partial charge in [0.15, 0.2) is 5.96 Å². The fourth-order valence-corrected chi connectivity index (χ4v) is 3.50. The molecule has 6 heteroatoms. The van der Waals surface area contributed by atoms with Crippen LogP contribution in [0.1, 0.15) is 19.1 Å². The topological polar surface area (TPSA) is 40.8 Å². The van der Waals surface area contributed by atoms with Crippen LogP contribution >= 0.6 is 35.7 Å². The fraction of sp³-hybridized carbons (Fsp3) is 0.562. The maximum Gasteiger partial charge on any atom is 0.194 e. The fourth-order valence-electron chi connectivity index (χ4n) is 2.32. The van der Waals surface area contributed by atoms with Gasteiger partial charge in [-0.05, 0) is 18.6 Å². The Kier molecular flexibility index (Phi) is 9.70. The monoisotopic (exact) mass is 435 g/mol. The van der Waals surface area contributed by atoms with E-state index < -0.39 is 0 Å². The number of halogens is 1. The highest BCUT2D eigenvalue weighted by Gasteiger charge is 2.21. The summed E-state index contributed by atoms with van der Waals surface area (Å²) in [4.78, 5) is 7.11. The summed E-state index contributed by atoms with van der Waals surface area (Å²) in [5, 5.41) is 4.09. The van der Waals surface area contributed by atoms with Gasteiger partial charge < -0.3 is 14.6 Å². The predicted molar refractivity (Wildman–Crippen MR) is 106 cm³/mol. The average molecular weight is 435 g/mol. The van der Waals surface area contributed by atoms with Crippen molar-refractivity contribution in [1.29, 1.82) is 0 Å². The lowest BCUT2D eigenvalue weighted by molar-refractivity contribution is 0.408. The zero-order valence-corrected chi connectivity index (χ0v) is 16.3. The molecule has 2 rings (SSSR count). The van der Waals surface area contributed by atoms with Gasteiger partial charge in [0, 0.05) is 43.6 Å². The molecule has 1 unspecified atom stereocenters. The van der Waals surface area contributed by atoms with Crippen LogP contribution in [-0.2, 0) is 6.42 Å². The van der Waals surface area contributed by atoms with Crippen LogP contribution in [0.15, 0.2) is 40.5 Å². The Hall–Kier alpha value is -0.630. The van der Waals surface area contributed by atoms with Crippen LogP contribution in [0.25, 0.3) is 0 Å². The number of rotatable bonds is 6. The summed E-state index contributed by atoms with van der Waals surface area (Å²) >= 11 is 2.07. The molecule has 4 nitrogen and oxygen atoms in total. The van der Waals surface area contributed by atoms with Gasteiger partial charge in [0.05, 0.1) is 6.26 Å². The Morgan fingerprint density at radius 2 is 2.50 bits per heavy atom. The van der Waals surface area contributed by atoms with Crippen LogP contribution in [0.3, 0.4) is 0 Å². The molecule has 0 aliphatic carbocycles. The van der Waals surface area contributed by atoms with Crippen molar-refractivity contribution >= 4 is 41.7 Å². The van der Waals surface area contributed by atoms with Gasteiger partial charge in [-0.1, -0.05) is 13.0 Å². The number of aliphatic imine (C=N–C) groups is 1. The first-order valence-electron chi connectivity index (χ1n) is 7.61. The number of hydrogen-bond donors (Lipinski definition) is 1. The Balaban J connectivity index is 0.00000242. The van der Waals surface area contributed by atoms with Crippen LogP contribution in [0.4, 0.5) is 0 Å². The highest BCUT2D eigenvalue weighted by atomic mass is 127. The largest absolute Gasteiger partial charge is 0.469 e. The van der Waals surface area contributed by atoms with Crippen molar-refractivity contribution in [2.75, 3.05) is 31.9 Å². The smallest absolute Gasteiger partial charge is 0.194 e. The Morgan fingerprint density at radius 1 is 1.64 bits per heavy atom. The zero-order valence-electron chi connectivity index (χ0n) is 13.2. The van der Waals surface area contributed by atoms with Crippen molar-refractivity contribution in [3.05, 3.63) is 36.8 Å². The van der Waals surface area contributed by atoms with E-state index in [4.69, 9.17) is 9.41 Å². The second kappa shape index (κ2) is 11.0. The minimum atomic E-state index is 0. The molecule has 124 valence electrons. The van der Waals surface area contributed by atoms with E-state index in [2.05, 4.69) is 35.5 Å². The minimum absolute atomic E-state index is 0. The SMILES string of the molecule is C=CCNC(=NCCc1ccco1)N1CCSC(CC)C1.I. The number of nitrogens with one attached hydrogen (secondary N) is 1. The lowest BCUT2D eigenvalue weighted by atomic mass is 10.3. The van der Waals surface area contributed by atoms with E-state index in [1.807, 2.05) is 18.2 Å². The van der Waals surface area contributed by atoms with Gasteiger partial charge in [-0.3, -0.25) is 4.99 Å². The number of guanidine groups is 1. The van der Waals surface area contributed by atoms with Crippen molar-refractivity contribution in [3.63, 3.8) is 0 Å². The Bertz CT molecular complexity index is 450. The molecule has 1 atom stereocenters. The summed E-state index contributed by atoms with van der Waals surface area (Å²) in [5.74, 6) is 3.16. The van der Waals surface area contributed by atoms with Gasteiger partial charge in [-0.15, -0.1) is 30.6 Å². The summed E-state index contributed by atoms with van der Waals surface area (Å²) in [6.45, 7) is 9.66. The summed E-state index contributed by atoms with van der Waals surface area (Å²) in [7, 11) is 0. The van der Waals surface area contributed by atoms with Crippen molar-refractivity contribution in [3.8, 4) is 0 Å². The molecule has 0 radical (unpaired) electrons. The lowest BCUT2D eigenvalue weighted by Gasteiger charge is -2.34. The normalized spacial score (nSPS) is 18.7. The summed E-state index contributed by atoms with van der Waals surface area (Å²) < 4.78 is 5.35. The van der Waals surface area contributed by atoms with Gasteiger partial charge in [-0.2, -0.15) is 11.8 Å². The molecule has 2 heterocycles. The molecule has 1 saturated heterocycles. The number of furan rings is 1. The number of thioether (sulfide) groups is 1. The molecule has 0 bridgehead atoms. The molecule has 0 amide bonds. The maximum absolute atomic E-state index is 5.35. The molecular weight excluding hydrogens is 409 g/mol. The molecule has 0 aromatic carbocycles. The highest BCUT2D eigenvalue weighted by molar-refractivity contribution is 14.0. The molecule has 0 spiro atoms. The van der Waals surface area contributed by atoms with Crippen molar-refractivity contribution in [1.82, 2.24) is 10.2 Å². The van der Waals surface area contributed by atoms with E-state index in [0.717, 1.165) is 44.3 Å². The second-order valence-electron chi connectivity index (χ2n) is 5.05. The van der Waals surface area contributed by atoms with Crippen molar-refractivity contribution in [2.24, 2.45) is 4.99 Å². The van der Waals surface area contributed by atoms with Gasteiger partial charge in [0.1, 0.15) is 5.76 Å². The quantitative estimate of drug-likeness (QED) is 0.322. The molecule has 1 aromatic heterocycles. The first kappa shape index (κ1) is 19.4. The standard InChI is InChI=1S/C16H25N3OS.HI/c1-3-8-17-16(18-9-7-14-6-5-11-20-14)19-10-12-21-15(4-2)13-19;/h3,5-6,11,15H,1,4,7-10,12-13H2,2H3,(H,17,18);1H. The van der Waals surface area contributed by atoms with E-state index in [9.17, 15) is 0 Å². The van der Waals surface area contributed by atoms with E-state index in [1.165, 1.54) is 12.2 Å². The third-order valence-electron chi connectivity index (χ3n) is 3.50. The first-order chi connectivity index (χ1) is 10.3. The summed E-state index contributed by atoms with van der Waals surface area (Å²) in [5.41, 5.74) is 0. The van der Waals surface area contributed by atoms with Crippen LogP contribution in [0, 0.1) is 0 Å². The minimum Gasteiger partial charge on any atom is -0.469 e. The Labute approximate surface area is 154 Å². The number of nitrogens with zero attached hydrogens (tertiary/aromatic N) is 2. The van der Waals surface area contributed by atoms with Crippen LogP contribution < -0.4 is 5.32 Å². The average Bonchev–Trinajstić information content (AvgIpc) is 3.04. The molecule has 0 saturated carbocycles. The molecule has 1 aliphatic rings. The van der Waals surface area contributed by atoms with E-state index in [0.29, 0.717) is 5.25 Å². The van der Waals surface area contributed by atoms with Gasteiger partial charge >= 0.3 is 0 Å². The molecule has 22 heavy (non-hydrogen) atoms. The Morgan fingerprint density at radius 3 is 3.18 bits per heavy atom. The zero-order chi connectivity index (χ0) is 14.9. The van der Waals surface area contributed by atoms with Crippen molar-refractivity contribution < 1.29 is 4.42 Å².